The van der Waals surface area contributed by atoms with Crippen molar-refractivity contribution in [2.45, 2.75) is 19.8 Å². The van der Waals surface area contributed by atoms with Crippen LogP contribution >= 0.6 is 0 Å². The summed E-state index contributed by atoms with van der Waals surface area (Å²) in [5.74, 6) is 1.19. The van der Waals surface area contributed by atoms with Crippen molar-refractivity contribution in [3.63, 3.8) is 0 Å². The minimum absolute atomic E-state index is 0.0734. The molecule has 2 aromatic carbocycles. The maximum atomic E-state index is 12.7. The highest BCUT2D eigenvalue weighted by Gasteiger charge is 2.24. The van der Waals surface area contributed by atoms with Crippen LogP contribution in [0.5, 0.6) is 17.2 Å². The molecule has 0 bridgehead atoms. The predicted octanol–water partition coefficient (Wildman–Crippen LogP) is 2.96. The SMILES string of the molecule is COc1ccc(C(C(=O)NCC(=O)Nc2ccc3c(c2)OCCO3)C(C)C)cc1. The first-order valence-corrected chi connectivity index (χ1v) is 9.59. The second-order valence-corrected chi connectivity index (χ2v) is 7.12. The normalized spacial score (nSPS) is 13.5. The summed E-state index contributed by atoms with van der Waals surface area (Å²) in [6, 6.07) is 12.6. The lowest BCUT2D eigenvalue weighted by Crippen LogP contribution is -2.37. The minimum Gasteiger partial charge on any atom is -0.497 e. The maximum Gasteiger partial charge on any atom is 0.243 e. The molecule has 2 amide bonds. The highest BCUT2D eigenvalue weighted by molar-refractivity contribution is 5.95. The molecule has 3 rings (SSSR count). The van der Waals surface area contributed by atoms with Gasteiger partial charge in [-0.15, -0.1) is 0 Å². The number of hydrogen-bond acceptors (Lipinski definition) is 5. The second kappa shape index (κ2) is 9.32. The van der Waals surface area contributed by atoms with Crippen molar-refractivity contribution in [1.29, 1.82) is 0 Å². The number of anilines is 1. The molecule has 29 heavy (non-hydrogen) atoms. The van der Waals surface area contributed by atoms with Crippen molar-refractivity contribution >= 4 is 17.5 Å². The number of fused-ring (bicyclic) bond motifs is 1. The Hall–Kier alpha value is -3.22. The molecule has 2 N–H and O–H groups in total. The van der Waals surface area contributed by atoms with Crippen molar-refractivity contribution in [3.8, 4) is 17.2 Å². The zero-order valence-electron chi connectivity index (χ0n) is 16.9. The van der Waals surface area contributed by atoms with Crippen LogP contribution in [-0.2, 0) is 9.59 Å². The smallest absolute Gasteiger partial charge is 0.243 e. The molecule has 0 aromatic heterocycles. The molecule has 0 saturated carbocycles. The fraction of sp³-hybridized carbons (Fsp3) is 0.364. The van der Waals surface area contributed by atoms with Gasteiger partial charge in [0.25, 0.3) is 0 Å². The molecular formula is C22H26N2O5. The van der Waals surface area contributed by atoms with Crippen LogP contribution in [0.25, 0.3) is 0 Å². The van der Waals surface area contributed by atoms with E-state index in [1.807, 2.05) is 38.1 Å². The first-order chi connectivity index (χ1) is 14.0. The molecule has 0 saturated heterocycles. The fourth-order valence-electron chi connectivity index (χ4n) is 3.25. The van der Waals surface area contributed by atoms with Gasteiger partial charge in [-0.2, -0.15) is 0 Å². The maximum absolute atomic E-state index is 12.7. The quantitative estimate of drug-likeness (QED) is 0.749. The molecule has 1 aliphatic heterocycles. The van der Waals surface area contributed by atoms with Gasteiger partial charge < -0.3 is 24.8 Å². The van der Waals surface area contributed by atoms with E-state index < -0.39 is 0 Å². The molecule has 1 heterocycles. The summed E-state index contributed by atoms with van der Waals surface area (Å²) in [5.41, 5.74) is 1.47. The van der Waals surface area contributed by atoms with Crippen molar-refractivity contribution < 1.29 is 23.8 Å². The monoisotopic (exact) mass is 398 g/mol. The van der Waals surface area contributed by atoms with E-state index in [4.69, 9.17) is 14.2 Å². The summed E-state index contributed by atoms with van der Waals surface area (Å²) in [7, 11) is 1.60. The van der Waals surface area contributed by atoms with Gasteiger partial charge in [0, 0.05) is 11.8 Å². The summed E-state index contributed by atoms with van der Waals surface area (Å²) in [6.45, 7) is 4.82. The van der Waals surface area contributed by atoms with Gasteiger partial charge in [0.15, 0.2) is 11.5 Å². The third kappa shape index (κ3) is 5.19. The van der Waals surface area contributed by atoms with Crippen LogP contribution in [0.15, 0.2) is 42.5 Å². The van der Waals surface area contributed by atoms with E-state index in [1.165, 1.54) is 0 Å². The molecule has 7 heteroatoms. The van der Waals surface area contributed by atoms with Gasteiger partial charge in [-0.25, -0.2) is 0 Å². The highest BCUT2D eigenvalue weighted by atomic mass is 16.6. The lowest BCUT2D eigenvalue weighted by molar-refractivity contribution is -0.126. The van der Waals surface area contributed by atoms with Crippen molar-refractivity contribution in [1.82, 2.24) is 5.32 Å². The van der Waals surface area contributed by atoms with Crippen molar-refractivity contribution in [3.05, 3.63) is 48.0 Å². The number of carbonyl (C=O) groups is 2. The van der Waals surface area contributed by atoms with Gasteiger partial charge in [0.2, 0.25) is 11.8 Å². The molecule has 1 atom stereocenters. The van der Waals surface area contributed by atoms with Gasteiger partial charge in [-0.3, -0.25) is 9.59 Å². The number of methoxy groups -OCH3 is 1. The van der Waals surface area contributed by atoms with Crippen LogP contribution in [0.1, 0.15) is 25.3 Å². The molecule has 1 unspecified atom stereocenters. The first kappa shape index (κ1) is 20.5. The highest BCUT2D eigenvalue weighted by Crippen LogP contribution is 2.32. The van der Waals surface area contributed by atoms with Crippen molar-refractivity contribution in [2.24, 2.45) is 5.92 Å². The van der Waals surface area contributed by atoms with Gasteiger partial charge in [0.1, 0.15) is 19.0 Å². The zero-order valence-corrected chi connectivity index (χ0v) is 16.9. The minimum atomic E-state index is -0.358. The summed E-state index contributed by atoms with van der Waals surface area (Å²) < 4.78 is 16.1. The summed E-state index contributed by atoms with van der Waals surface area (Å²) in [6.07, 6.45) is 0. The summed E-state index contributed by atoms with van der Waals surface area (Å²) >= 11 is 0. The van der Waals surface area contributed by atoms with Crippen LogP contribution in [0.3, 0.4) is 0 Å². The Bertz CT molecular complexity index is 864. The molecule has 0 spiro atoms. The molecular weight excluding hydrogens is 372 g/mol. The van der Waals surface area contributed by atoms with Gasteiger partial charge >= 0.3 is 0 Å². The summed E-state index contributed by atoms with van der Waals surface area (Å²) in [5, 5.41) is 5.50. The molecule has 0 radical (unpaired) electrons. The van der Waals surface area contributed by atoms with E-state index in [-0.39, 0.29) is 30.2 Å². The molecule has 1 aliphatic rings. The number of nitrogens with one attached hydrogen (secondary N) is 2. The van der Waals surface area contributed by atoms with Gasteiger partial charge in [-0.1, -0.05) is 26.0 Å². The predicted molar refractivity (Wildman–Crippen MR) is 110 cm³/mol. The number of benzene rings is 2. The number of carbonyl (C=O) groups excluding carboxylic acids is 2. The molecule has 7 nitrogen and oxygen atoms in total. The Labute approximate surface area is 170 Å². The Morgan fingerprint density at radius 3 is 2.38 bits per heavy atom. The number of rotatable bonds is 7. The van der Waals surface area contributed by atoms with Gasteiger partial charge in [0.05, 0.1) is 19.6 Å². The first-order valence-electron chi connectivity index (χ1n) is 9.59. The van der Waals surface area contributed by atoms with Gasteiger partial charge in [-0.05, 0) is 35.7 Å². The molecule has 0 fully saturated rings. The van der Waals surface area contributed by atoms with E-state index in [0.717, 1.165) is 11.3 Å². The zero-order chi connectivity index (χ0) is 20.8. The number of amides is 2. The average molecular weight is 398 g/mol. The van der Waals surface area contributed by atoms with Crippen LogP contribution in [-0.4, -0.2) is 38.7 Å². The summed E-state index contributed by atoms with van der Waals surface area (Å²) in [4.78, 5) is 25.0. The number of hydrogen-bond donors (Lipinski definition) is 2. The lowest BCUT2D eigenvalue weighted by Gasteiger charge is -2.21. The Kier molecular flexibility index (Phi) is 6.59. The van der Waals surface area contributed by atoms with Crippen LogP contribution in [0.2, 0.25) is 0 Å². The van der Waals surface area contributed by atoms with E-state index in [0.29, 0.717) is 30.4 Å². The molecule has 0 aliphatic carbocycles. The average Bonchev–Trinajstić information content (AvgIpc) is 2.72. The topological polar surface area (TPSA) is 85.9 Å². The van der Waals surface area contributed by atoms with E-state index >= 15 is 0 Å². The fourth-order valence-corrected chi connectivity index (χ4v) is 3.25. The van der Waals surface area contributed by atoms with E-state index in [9.17, 15) is 9.59 Å². The molecule has 154 valence electrons. The van der Waals surface area contributed by atoms with E-state index in [2.05, 4.69) is 10.6 Å². The van der Waals surface area contributed by atoms with Crippen LogP contribution in [0.4, 0.5) is 5.69 Å². The third-order valence-corrected chi connectivity index (χ3v) is 4.67. The van der Waals surface area contributed by atoms with Crippen LogP contribution < -0.4 is 24.8 Å². The number of ether oxygens (including phenoxy) is 3. The van der Waals surface area contributed by atoms with E-state index in [1.54, 1.807) is 25.3 Å². The van der Waals surface area contributed by atoms with Crippen LogP contribution in [0, 0.1) is 5.92 Å². The molecule has 2 aromatic rings. The third-order valence-electron chi connectivity index (χ3n) is 4.67. The largest absolute Gasteiger partial charge is 0.497 e. The van der Waals surface area contributed by atoms with Crippen molar-refractivity contribution in [2.75, 3.05) is 32.2 Å². The standard InChI is InChI=1S/C22H26N2O5/c1-14(2)21(15-4-7-17(27-3)8-5-15)22(26)23-13-20(25)24-16-6-9-18-19(12-16)29-11-10-28-18/h4-9,12,14,21H,10-11,13H2,1-3H3,(H,23,26)(H,24,25). The second-order valence-electron chi connectivity index (χ2n) is 7.12. The Morgan fingerprint density at radius 1 is 1.03 bits per heavy atom. The Balaban J connectivity index is 1.58. The Morgan fingerprint density at radius 2 is 1.72 bits per heavy atom. The lowest BCUT2D eigenvalue weighted by atomic mass is 9.87.